The Morgan fingerprint density at radius 3 is 2.49 bits per heavy atom. The lowest BCUT2D eigenvalue weighted by Crippen LogP contribution is -2.24. The van der Waals surface area contributed by atoms with E-state index in [2.05, 4.69) is 35.5 Å². The first-order valence-corrected chi connectivity index (χ1v) is 13.8. The van der Waals surface area contributed by atoms with Crippen LogP contribution in [0.1, 0.15) is 55.3 Å². The van der Waals surface area contributed by atoms with Crippen LogP contribution in [0.25, 0.3) is 17.1 Å². The Kier molecular flexibility index (Phi) is 11.3. The van der Waals surface area contributed by atoms with Gasteiger partial charge < -0.3 is 15.0 Å². The number of aldehydes is 1. The summed E-state index contributed by atoms with van der Waals surface area (Å²) >= 11 is 0. The molecule has 1 aliphatic rings. The predicted octanol–water partition coefficient (Wildman–Crippen LogP) is 4.43. The second kappa shape index (κ2) is 14.6. The topological polar surface area (TPSA) is 74.9 Å². The number of imidazole rings is 1. The van der Waals surface area contributed by atoms with Crippen LogP contribution >= 0.6 is 0 Å². The van der Waals surface area contributed by atoms with Gasteiger partial charge in [-0.3, -0.25) is 14.1 Å². The van der Waals surface area contributed by atoms with E-state index < -0.39 is 0 Å². The number of hydrogen-bond acceptors (Lipinski definition) is 6. The van der Waals surface area contributed by atoms with Crippen molar-refractivity contribution in [2.75, 3.05) is 40.8 Å². The summed E-state index contributed by atoms with van der Waals surface area (Å²) in [5.41, 5.74) is 5.94. The first-order chi connectivity index (χ1) is 18.7. The molecule has 3 aromatic rings. The molecule has 0 atom stereocenters. The largest absolute Gasteiger partial charge is 0.329 e. The molecule has 0 spiro atoms. The van der Waals surface area contributed by atoms with Crippen LogP contribution in [0, 0.1) is 6.92 Å². The number of likely N-dealkylation sites (N-methyl/N-ethyl adjacent to an activating group) is 2. The highest BCUT2D eigenvalue weighted by Crippen LogP contribution is 2.31. The lowest BCUT2D eigenvalue weighted by molar-refractivity contribution is -0.108. The number of hydrogen-bond donors (Lipinski definition) is 1. The van der Waals surface area contributed by atoms with Gasteiger partial charge in [0.25, 0.3) is 0 Å². The molecule has 210 valence electrons. The van der Waals surface area contributed by atoms with Crippen molar-refractivity contribution in [1.29, 1.82) is 0 Å². The van der Waals surface area contributed by atoms with Crippen molar-refractivity contribution < 1.29 is 4.79 Å². The minimum atomic E-state index is 0.0500. The number of nitrogens with one attached hydrogen (secondary N) is 1. The van der Waals surface area contributed by atoms with E-state index in [0.29, 0.717) is 6.04 Å². The molecule has 1 saturated carbocycles. The van der Waals surface area contributed by atoms with E-state index in [1.54, 1.807) is 15.8 Å². The van der Waals surface area contributed by atoms with Crippen LogP contribution in [0.5, 0.6) is 0 Å². The van der Waals surface area contributed by atoms with E-state index >= 15 is 0 Å². The summed E-state index contributed by atoms with van der Waals surface area (Å²) in [6, 6.07) is 14.5. The summed E-state index contributed by atoms with van der Waals surface area (Å²) in [6.07, 6.45) is 9.08. The lowest BCUT2D eigenvalue weighted by atomic mass is 10.1. The molecule has 1 aromatic heterocycles. The molecule has 0 amide bonds. The number of aryl methyl sites for hydroxylation is 2. The zero-order chi connectivity index (χ0) is 28.4. The maximum Gasteiger partial charge on any atom is 0.329 e. The quantitative estimate of drug-likeness (QED) is 0.238. The molecule has 0 unspecified atom stereocenters. The van der Waals surface area contributed by atoms with Crippen molar-refractivity contribution in [2.45, 2.75) is 45.6 Å². The summed E-state index contributed by atoms with van der Waals surface area (Å²) in [7, 11) is 7.93. The van der Waals surface area contributed by atoms with Gasteiger partial charge in [-0.1, -0.05) is 48.7 Å². The zero-order valence-electron chi connectivity index (χ0n) is 24.4. The number of hydrazone groups is 1. The normalized spacial score (nSPS) is 14.3. The van der Waals surface area contributed by atoms with Crippen molar-refractivity contribution in [1.82, 2.24) is 24.4 Å². The van der Waals surface area contributed by atoms with Crippen LogP contribution in [0.2, 0.25) is 0 Å². The molecule has 8 nitrogen and oxygen atoms in total. The summed E-state index contributed by atoms with van der Waals surface area (Å²) < 4.78 is 3.69. The fourth-order valence-corrected chi connectivity index (χ4v) is 4.84. The fourth-order valence-electron chi connectivity index (χ4n) is 4.84. The molecule has 1 heterocycles. The van der Waals surface area contributed by atoms with Gasteiger partial charge in [-0.2, -0.15) is 5.10 Å². The molecule has 1 fully saturated rings. The number of nitrogens with zero attached hydrogens (tertiary/aromatic N) is 5. The van der Waals surface area contributed by atoms with Gasteiger partial charge in [-0.05, 0) is 77.2 Å². The van der Waals surface area contributed by atoms with E-state index in [9.17, 15) is 9.59 Å². The van der Waals surface area contributed by atoms with Crippen LogP contribution in [0.15, 0.2) is 58.6 Å². The smallest absolute Gasteiger partial charge is 0.318 e. The molecular formula is C31H44N6O2. The summed E-state index contributed by atoms with van der Waals surface area (Å²) in [5.74, 6) is 0. The predicted molar refractivity (Wildman–Crippen MR) is 162 cm³/mol. The summed E-state index contributed by atoms with van der Waals surface area (Å²) in [4.78, 5) is 26.2. The zero-order valence-corrected chi connectivity index (χ0v) is 24.4. The number of rotatable bonds is 10. The third-order valence-corrected chi connectivity index (χ3v) is 7.03. The molecule has 4 rings (SSSR count). The minimum absolute atomic E-state index is 0.0500. The molecule has 1 aliphatic carbocycles. The standard InChI is InChI=1S/C26H30N4O2.C5H14N2/c1-19-7-6-8-22(17-19)20(2)27-29(15-16-31)14-13-21-11-12-24-25(18-21)28(3)26(32)30(24)23-9-4-5-10-23;1-6-4-5-7(2)3/h6-8,11-14,16-18,23H,4-5,9-10,15H2,1-3H3;6H,4-5H2,1-3H3/b14-13+,27-20+;. The Labute approximate surface area is 232 Å². The van der Waals surface area contributed by atoms with Gasteiger partial charge in [-0.15, -0.1) is 0 Å². The number of carbonyl (C=O) groups excluding carboxylic acids is 1. The Morgan fingerprint density at radius 2 is 1.87 bits per heavy atom. The molecule has 0 aliphatic heterocycles. The van der Waals surface area contributed by atoms with Crippen molar-refractivity contribution in [2.24, 2.45) is 12.1 Å². The van der Waals surface area contributed by atoms with Crippen molar-refractivity contribution >= 4 is 29.1 Å². The van der Waals surface area contributed by atoms with E-state index in [1.165, 1.54) is 12.8 Å². The van der Waals surface area contributed by atoms with E-state index in [0.717, 1.165) is 65.7 Å². The van der Waals surface area contributed by atoms with E-state index in [1.807, 2.05) is 75.0 Å². The van der Waals surface area contributed by atoms with Crippen LogP contribution < -0.4 is 11.0 Å². The first-order valence-electron chi connectivity index (χ1n) is 13.8. The Hall–Kier alpha value is -3.49. The Bertz CT molecular complexity index is 1340. The second-order valence-corrected chi connectivity index (χ2v) is 10.5. The van der Waals surface area contributed by atoms with Crippen molar-refractivity contribution in [3.05, 3.63) is 75.8 Å². The number of carbonyl (C=O) groups is 1. The third kappa shape index (κ3) is 8.25. The molecule has 0 bridgehead atoms. The van der Waals surface area contributed by atoms with Crippen LogP contribution in [0.3, 0.4) is 0 Å². The minimum Gasteiger partial charge on any atom is -0.318 e. The molecular weight excluding hydrogens is 488 g/mol. The van der Waals surface area contributed by atoms with E-state index in [-0.39, 0.29) is 12.2 Å². The van der Waals surface area contributed by atoms with Crippen LogP contribution in [-0.4, -0.2) is 71.8 Å². The maximum absolute atomic E-state index is 12.9. The molecule has 0 saturated heterocycles. The van der Waals surface area contributed by atoms with Crippen molar-refractivity contribution in [3.63, 3.8) is 0 Å². The fraction of sp³-hybridized carbons (Fsp3) is 0.452. The third-order valence-electron chi connectivity index (χ3n) is 7.03. The van der Waals surface area contributed by atoms with Gasteiger partial charge in [0.15, 0.2) is 0 Å². The molecule has 1 N–H and O–H groups in total. The number of aromatic nitrogens is 2. The van der Waals surface area contributed by atoms with Gasteiger partial charge >= 0.3 is 5.69 Å². The van der Waals surface area contributed by atoms with Crippen molar-refractivity contribution in [3.8, 4) is 0 Å². The molecule has 0 radical (unpaired) electrons. The maximum atomic E-state index is 12.9. The van der Waals surface area contributed by atoms with E-state index in [4.69, 9.17) is 0 Å². The highest BCUT2D eigenvalue weighted by molar-refractivity contribution is 5.98. The van der Waals surface area contributed by atoms with Gasteiger partial charge in [0.1, 0.15) is 6.29 Å². The average molecular weight is 533 g/mol. The highest BCUT2D eigenvalue weighted by atomic mass is 16.1. The number of benzene rings is 2. The number of fused-ring (bicyclic) bond motifs is 1. The summed E-state index contributed by atoms with van der Waals surface area (Å²) in [5, 5.41) is 9.31. The average Bonchev–Trinajstić information content (AvgIpc) is 3.53. The molecule has 2 aromatic carbocycles. The Balaban J connectivity index is 0.000000532. The SMILES string of the molecule is C/C(=N\N(/C=C/c1ccc2c(c1)n(C)c(=O)n2C1CCCC1)CC=O)c1cccc(C)c1.CNCCN(C)C. The van der Waals surface area contributed by atoms with Gasteiger partial charge in [0.2, 0.25) is 0 Å². The Morgan fingerprint density at radius 1 is 1.13 bits per heavy atom. The van der Waals surface area contributed by atoms with Gasteiger partial charge in [0.05, 0.1) is 23.3 Å². The summed E-state index contributed by atoms with van der Waals surface area (Å²) in [6.45, 7) is 6.35. The first kappa shape index (κ1) is 30.1. The van der Waals surface area contributed by atoms with Crippen LogP contribution in [0.4, 0.5) is 0 Å². The second-order valence-electron chi connectivity index (χ2n) is 10.5. The van der Waals surface area contributed by atoms with Gasteiger partial charge in [0, 0.05) is 32.4 Å². The molecule has 39 heavy (non-hydrogen) atoms. The highest BCUT2D eigenvalue weighted by Gasteiger charge is 2.22. The monoisotopic (exact) mass is 532 g/mol. The van der Waals surface area contributed by atoms with Gasteiger partial charge in [-0.25, -0.2) is 4.79 Å². The lowest BCUT2D eigenvalue weighted by Gasteiger charge is -2.13. The molecule has 8 heteroatoms. The van der Waals surface area contributed by atoms with Crippen LogP contribution in [-0.2, 0) is 11.8 Å².